The van der Waals surface area contributed by atoms with Crippen LogP contribution in [-0.4, -0.2) is 32.6 Å². The predicted molar refractivity (Wildman–Crippen MR) is 87.5 cm³/mol. The van der Waals surface area contributed by atoms with Crippen molar-refractivity contribution < 1.29 is 13.2 Å². The minimum Gasteiger partial charge on any atom is -0.494 e. The summed E-state index contributed by atoms with van der Waals surface area (Å²) in [6, 6.07) is 6.53. The second-order valence-corrected chi connectivity index (χ2v) is 8.25. The van der Waals surface area contributed by atoms with Gasteiger partial charge >= 0.3 is 0 Å². The van der Waals surface area contributed by atoms with E-state index in [2.05, 4.69) is 4.72 Å². The van der Waals surface area contributed by atoms with Gasteiger partial charge in [-0.1, -0.05) is 12.8 Å². The van der Waals surface area contributed by atoms with Crippen LogP contribution in [0.3, 0.4) is 0 Å². The molecule has 0 saturated heterocycles. The van der Waals surface area contributed by atoms with E-state index in [0.29, 0.717) is 18.9 Å². The highest BCUT2D eigenvalue weighted by Crippen LogP contribution is 2.28. The van der Waals surface area contributed by atoms with Gasteiger partial charge in [0.05, 0.1) is 11.5 Å². The number of nitrogens with one attached hydrogen (secondary N) is 1. The first-order valence-corrected chi connectivity index (χ1v) is 9.99. The van der Waals surface area contributed by atoms with E-state index in [4.69, 9.17) is 4.74 Å². The average molecular weight is 329 g/mol. The Labute approximate surface area is 131 Å². The van der Waals surface area contributed by atoms with Gasteiger partial charge in [0.15, 0.2) is 0 Å². The van der Waals surface area contributed by atoms with Gasteiger partial charge < -0.3 is 4.74 Å². The monoisotopic (exact) mass is 329 g/mol. The van der Waals surface area contributed by atoms with Gasteiger partial charge in [0, 0.05) is 17.5 Å². The second kappa shape index (κ2) is 8.06. The van der Waals surface area contributed by atoms with Gasteiger partial charge in [-0.25, -0.2) is 13.1 Å². The van der Waals surface area contributed by atoms with Crippen molar-refractivity contribution in [2.45, 2.75) is 42.8 Å². The molecule has 21 heavy (non-hydrogen) atoms. The summed E-state index contributed by atoms with van der Waals surface area (Å²) in [6.07, 6.45) is 5.18. The van der Waals surface area contributed by atoms with Gasteiger partial charge in [0.2, 0.25) is 10.0 Å². The summed E-state index contributed by atoms with van der Waals surface area (Å²) in [7, 11) is -3.41. The van der Waals surface area contributed by atoms with Crippen LogP contribution in [0.1, 0.15) is 32.6 Å². The summed E-state index contributed by atoms with van der Waals surface area (Å²) < 4.78 is 32.2. The molecule has 4 nitrogen and oxygen atoms in total. The summed E-state index contributed by atoms with van der Waals surface area (Å²) in [5.41, 5.74) is 0. The molecule has 0 amide bonds. The molecule has 0 bridgehead atoms. The Balaban J connectivity index is 1.80. The highest BCUT2D eigenvalue weighted by Gasteiger charge is 2.16. The number of ether oxygens (including phenoxy) is 1. The summed E-state index contributed by atoms with van der Waals surface area (Å²) in [5, 5.41) is 0.722. The van der Waals surface area contributed by atoms with Crippen LogP contribution in [0.4, 0.5) is 0 Å². The van der Waals surface area contributed by atoms with Crippen molar-refractivity contribution in [2.75, 3.05) is 18.9 Å². The molecule has 1 aromatic rings. The fourth-order valence-electron chi connectivity index (χ4n) is 2.42. The molecule has 1 aliphatic carbocycles. The summed E-state index contributed by atoms with van der Waals surface area (Å²) in [4.78, 5) is 0.289. The van der Waals surface area contributed by atoms with Crippen LogP contribution in [0, 0.1) is 0 Å². The molecule has 1 aromatic carbocycles. The molecule has 1 N–H and O–H groups in total. The van der Waals surface area contributed by atoms with Gasteiger partial charge in [0.1, 0.15) is 5.75 Å². The highest BCUT2D eigenvalue weighted by molar-refractivity contribution is 8.00. The van der Waals surface area contributed by atoms with E-state index in [0.717, 1.165) is 11.0 Å². The van der Waals surface area contributed by atoms with Gasteiger partial charge in [-0.3, -0.25) is 0 Å². The van der Waals surface area contributed by atoms with Gasteiger partial charge in [-0.05, 0) is 44.0 Å². The van der Waals surface area contributed by atoms with E-state index < -0.39 is 10.0 Å². The Morgan fingerprint density at radius 2 is 1.90 bits per heavy atom. The maximum Gasteiger partial charge on any atom is 0.240 e. The molecule has 1 aliphatic rings. The number of rotatable bonds is 8. The third kappa shape index (κ3) is 5.20. The lowest BCUT2D eigenvalue weighted by molar-refractivity contribution is 0.340. The molecule has 0 atom stereocenters. The van der Waals surface area contributed by atoms with Crippen molar-refractivity contribution in [2.24, 2.45) is 0 Å². The van der Waals surface area contributed by atoms with Crippen molar-refractivity contribution in [1.82, 2.24) is 4.72 Å². The predicted octanol–water partition coefficient (Wildman–Crippen LogP) is 3.04. The Bertz CT molecular complexity index is 522. The van der Waals surface area contributed by atoms with E-state index in [1.807, 2.05) is 18.7 Å². The molecule has 1 fully saturated rings. The molecule has 2 rings (SSSR count). The zero-order chi connectivity index (χ0) is 15.1. The fraction of sp³-hybridized carbons (Fsp3) is 0.600. The van der Waals surface area contributed by atoms with E-state index in [1.165, 1.54) is 25.7 Å². The normalized spacial score (nSPS) is 16.2. The van der Waals surface area contributed by atoms with Crippen LogP contribution in [-0.2, 0) is 10.0 Å². The molecule has 0 unspecified atom stereocenters. The molecule has 0 aromatic heterocycles. The van der Waals surface area contributed by atoms with E-state index in [9.17, 15) is 8.42 Å². The van der Waals surface area contributed by atoms with Gasteiger partial charge in [0.25, 0.3) is 0 Å². The highest BCUT2D eigenvalue weighted by atomic mass is 32.2. The minimum absolute atomic E-state index is 0.289. The fourth-order valence-corrected chi connectivity index (χ4v) is 4.80. The lowest BCUT2D eigenvalue weighted by atomic mass is 10.3. The van der Waals surface area contributed by atoms with Crippen molar-refractivity contribution in [1.29, 1.82) is 0 Å². The smallest absolute Gasteiger partial charge is 0.240 e. The minimum atomic E-state index is -3.41. The molecule has 0 spiro atoms. The third-order valence-electron chi connectivity index (χ3n) is 3.49. The molecular weight excluding hydrogens is 306 g/mol. The van der Waals surface area contributed by atoms with Crippen molar-refractivity contribution >= 4 is 21.8 Å². The lowest BCUT2D eigenvalue weighted by Gasteiger charge is -2.10. The van der Waals surface area contributed by atoms with E-state index in [-0.39, 0.29) is 4.90 Å². The molecule has 6 heteroatoms. The lowest BCUT2D eigenvalue weighted by Crippen LogP contribution is -2.26. The van der Waals surface area contributed by atoms with Gasteiger partial charge in [-0.15, -0.1) is 0 Å². The van der Waals surface area contributed by atoms with Crippen LogP contribution in [0.5, 0.6) is 5.75 Å². The molecule has 118 valence electrons. The first-order chi connectivity index (χ1) is 10.1. The standard InChI is InChI=1S/C15H23NO3S2/c1-2-19-13-7-9-15(10-8-13)21(17,18)16-11-12-20-14-5-3-4-6-14/h7-10,14,16H,2-6,11-12H2,1H3. The number of benzene rings is 1. The molecule has 0 heterocycles. The first-order valence-electron chi connectivity index (χ1n) is 7.46. The van der Waals surface area contributed by atoms with Crippen LogP contribution >= 0.6 is 11.8 Å². The zero-order valence-corrected chi connectivity index (χ0v) is 14.0. The van der Waals surface area contributed by atoms with Crippen molar-refractivity contribution in [3.8, 4) is 5.75 Å². The number of hydrogen-bond acceptors (Lipinski definition) is 4. The van der Waals surface area contributed by atoms with Crippen LogP contribution in [0.2, 0.25) is 0 Å². The maximum atomic E-state index is 12.1. The zero-order valence-electron chi connectivity index (χ0n) is 12.4. The maximum absolute atomic E-state index is 12.1. The topological polar surface area (TPSA) is 55.4 Å². The van der Waals surface area contributed by atoms with E-state index >= 15 is 0 Å². The van der Waals surface area contributed by atoms with Gasteiger partial charge in [-0.2, -0.15) is 11.8 Å². The first kappa shape index (κ1) is 16.6. The third-order valence-corrected chi connectivity index (χ3v) is 6.35. The largest absolute Gasteiger partial charge is 0.494 e. The Kier molecular flexibility index (Phi) is 6.39. The summed E-state index contributed by atoms with van der Waals surface area (Å²) in [5.74, 6) is 1.52. The number of hydrogen-bond donors (Lipinski definition) is 1. The van der Waals surface area contributed by atoms with Crippen LogP contribution in [0.25, 0.3) is 0 Å². The number of sulfonamides is 1. The SMILES string of the molecule is CCOc1ccc(S(=O)(=O)NCCSC2CCCC2)cc1. The number of thioether (sulfide) groups is 1. The quantitative estimate of drug-likeness (QED) is 0.745. The van der Waals surface area contributed by atoms with Crippen molar-refractivity contribution in [3.05, 3.63) is 24.3 Å². The average Bonchev–Trinajstić information content (AvgIpc) is 2.98. The Morgan fingerprint density at radius 3 is 2.52 bits per heavy atom. The Hall–Kier alpha value is -0.720. The molecule has 0 aliphatic heterocycles. The summed E-state index contributed by atoms with van der Waals surface area (Å²) in [6.45, 7) is 2.95. The van der Waals surface area contributed by atoms with Crippen LogP contribution in [0.15, 0.2) is 29.2 Å². The Morgan fingerprint density at radius 1 is 1.24 bits per heavy atom. The van der Waals surface area contributed by atoms with Crippen LogP contribution < -0.4 is 9.46 Å². The molecular formula is C15H23NO3S2. The van der Waals surface area contributed by atoms with Crippen molar-refractivity contribution in [3.63, 3.8) is 0 Å². The summed E-state index contributed by atoms with van der Waals surface area (Å²) >= 11 is 1.88. The molecule has 1 saturated carbocycles. The molecule has 0 radical (unpaired) electrons. The second-order valence-electron chi connectivity index (χ2n) is 5.08. The van der Waals surface area contributed by atoms with E-state index in [1.54, 1.807) is 24.3 Å².